The molecule has 0 aliphatic carbocycles. The van der Waals surface area contributed by atoms with Crippen LogP contribution in [0, 0.1) is 17.2 Å². The highest BCUT2D eigenvalue weighted by Gasteiger charge is 2.16. The third-order valence-corrected chi connectivity index (χ3v) is 3.07. The van der Waals surface area contributed by atoms with E-state index in [4.69, 9.17) is 5.26 Å². The predicted octanol–water partition coefficient (Wildman–Crippen LogP) is 3.28. The predicted molar refractivity (Wildman–Crippen MR) is 82.6 cm³/mol. The van der Waals surface area contributed by atoms with Gasteiger partial charge in [-0.1, -0.05) is 27.7 Å². The van der Waals surface area contributed by atoms with Gasteiger partial charge in [-0.05, 0) is 24.0 Å². The largest absolute Gasteiger partial charge is 0.478 e. The summed E-state index contributed by atoms with van der Waals surface area (Å²) in [6.45, 7) is 9.45. The van der Waals surface area contributed by atoms with Crippen molar-refractivity contribution in [2.24, 2.45) is 5.92 Å². The van der Waals surface area contributed by atoms with Crippen LogP contribution in [0.2, 0.25) is 0 Å². The Hall–Kier alpha value is -2.09. The molecule has 0 saturated carbocycles. The Morgan fingerprint density at radius 3 is 2.52 bits per heavy atom. The molecule has 0 spiro atoms. The molecule has 0 aliphatic heterocycles. The second-order valence-corrected chi connectivity index (χ2v) is 5.85. The van der Waals surface area contributed by atoms with Gasteiger partial charge in [-0.15, -0.1) is 0 Å². The standard InChI is InChI=1S/C16H23N3O2/c1-11(2)10-19(7-5-6-17)15-9-13(16(20)21)8-14(18-15)12(3)4/h8-9,11-12H,5,7,10H2,1-4H3,(H,20,21). The van der Waals surface area contributed by atoms with Crippen LogP contribution in [0.5, 0.6) is 0 Å². The highest BCUT2D eigenvalue weighted by atomic mass is 16.4. The Morgan fingerprint density at radius 1 is 1.38 bits per heavy atom. The van der Waals surface area contributed by atoms with Gasteiger partial charge >= 0.3 is 5.97 Å². The van der Waals surface area contributed by atoms with Gasteiger partial charge in [-0.2, -0.15) is 5.26 Å². The Morgan fingerprint density at radius 2 is 2.05 bits per heavy atom. The van der Waals surface area contributed by atoms with E-state index >= 15 is 0 Å². The molecule has 0 amide bonds. The van der Waals surface area contributed by atoms with E-state index in [1.54, 1.807) is 12.1 Å². The van der Waals surface area contributed by atoms with Gasteiger partial charge in [0, 0.05) is 18.8 Å². The lowest BCUT2D eigenvalue weighted by Gasteiger charge is -2.26. The number of pyridine rings is 1. The fraction of sp³-hybridized carbons (Fsp3) is 0.562. The van der Waals surface area contributed by atoms with Crippen molar-refractivity contribution in [3.05, 3.63) is 23.4 Å². The first-order valence-electron chi connectivity index (χ1n) is 7.22. The first-order chi connectivity index (χ1) is 9.85. The molecule has 1 N–H and O–H groups in total. The monoisotopic (exact) mass is 289 g/mol. The van der Waals surface area contributed by atoms with Crippen LogP contribution in [0.1, 0.15) is 56.1 Å². The summed E-state index contributed by atoms with van der Waals surface area (Å²) >= 11 is 0. The molecule has 0 bridgehead atoms. The van der Waals surface area contributed by atoms with Gasteiger partial charge in [0.2, 0.25) is 0 Å². The van der Waals surface area contributed by atoms with Gasteiger partial charge in [0.25, 0.3) is 0 Å². The van der Waals surface area contributed by atoms with Gasteiger partial charge in [0.1, 0.15) is 5.82 Å². The zero-order chi connectivity index (χ0) is 16.0. The molecule has 0 unspecified atom stereocenters. The van der Waals surface area contributed by atoms with Gasteiger partial charge in [-0.3, -0.25) is 0 Å². The van der Waals surface area contributed by atoms with Crippen LogP contribution >= 0.6 is 0 Å². The molecule has 114 valence electrons. The molecule has 0 aliphatic rings. The SMILES string of the molecule is CC(C)CN(CCC#N)c1cc(C(=O)O)cc(C(C)C)n1. The second kappa shape index (κ2) is 7.63. The molecule has 5 heteroatoms. The molecule has 0 saturated heterocycles. The number of aromatic carboxylic acids is 1. The summed E-state index contributed by atoms with van der Waals surface area (Å²) in [5.41, 5.74) is 1.00. The molecule has 0 atom stereocenters. The smallest absolute Gasteiger partial charge is 0.335 e. The number of carboxylic acids is 1. The van der Waals surface area contributed by atoms with Crippen molar-refractivity contribution in [2.75, 3.05) is 18.0 Å². The number of anilines is 1. The van der Waals surface area contributed by atoms with E-state index < -0.39 is 5.97 Å². The van der Waals surface area contributed by atoms with Gasteiger partial charge in [-0.25, -0.2) is 9.78 Å². The number of nitriles is 1. The molecule has 21 heavy (non-hydrogen) atoms. The van der Waals surface area contributed by atoms with E-state index in [0.29, 0.717) is 24.7 Å². The van der Waals surface area contributed by atoms with Crippen LogP contribution in [0.15, 0.2) is 12.1 Å². The summed E-state index contributed by atoms with van der Waals surface area (Å²) in [5.74, 6) is 0.245. The summed E-state index contributed by atoms with van der Waals surface area (Å²) in [6.07, 6.45) is 0.392. The Balaban J connectivity index is 3.21. The van der Waals surface area contributed by atoms with E-state index in [-0.39, 0.29) is 11.5 Å². The first kappa shape index (κ1) is 17.0. The molecule has 0 fully saturated rings. The van der Waals surface area contributed by atoms with Crippen molar-refractivity contribution in [3.63, 3.8) is 0 Å². The maximum Gasteiger partial charge on any atom is 0.335 e. The quantitative estimate of drug-likeness (QED) is 0.833. The summed E-state index contributed by atoms with van der Waals surface area (Å²) in [4.78, 5) is 17.9. The molecule has 0 aromatic carbocycles. The van der Waals surface area contributed by atoms with Crippen molar-refractivity contribution in [1.29, 1.82) is 5.26 Å². The molecule has 1 rings (SSSR count). The van der Waals surface area contributed by atoms with Crippen molar-refractivity contribution >= 4 is 11.8 Å². The van der Waals surface area contributed by atoms with Crippen LogP contribution in [0.4, 0.5) is 5.82 Å². The Labute approximate surface area is 126 Å². The van der Waals surface area contributed by atoms with Gasteiger partial charge in [0.05, 0.1) is 18.1 Å². The highest BCUT2D eigenvalue weighted by molar-refractivity contribution is 5.88. The topological polar surface area (TPSA) is 77.2 Å². The minimum absolute atomic E-state index is 0.153. The van der Waals surface area contributed by atoms with Crippen LogP contribution < -0.4 is 4.90 Å². The summed E-state index contributed by atoms with van der Waals surface area (Å²) in [5, 5.41) is 18.0. The average Bonchev–Trinajstić information content (AvgIpc) is 2.42. The van der Waals surface area contributed by atoms with Crippen LogP contribution in [-0.4, -0.2) is 29.1 Å². The van der Waals surface area contributed by atoms with E-state index in [2.05, 4.69) is 24.9 Å². The lowest BCUT2D eigenvalue weighted by molar-refractivity contribution is 0.0696. The van der Waals surface area contributed by atoms with E-state index in [9.17, 15) is 9.90 Å². The molecule has 5 nitrogen and oxygen atoms in total. The first-order valence-corrected chi connectivity index (χ1v) is 7.22. The molecule has 1 aromatic rings. The van der Waals surface area contributed by atoms with E-state index in [0.717, 1.165) is 12.2 Å². The zero-order valence-electron chi connectivity index (χ0n) is 13.1. The summed E-state index contributed by atoms with van der Waals surface area (Å²) < 4.78 is 0. The maximum absolute atomic E-state index is 11.3. The lowest BCUT2D eigenvalue weighted by atomic mass is 10.1. The average molecular weight is 289 g/mol. The fourth-order valence-electron chi connectivity index (χ4n) is 2.04. The Kier molecular flexibility index (Phi) is 6.16. The van der Waals surface area contributed by atoms with Gasteiger partial charge in [0.15, 0.2) is 0 Å². The third kappa shape index (κ3) is 5.07. The number of carboxylic acid groups (broad SMARTS) is 1. The van der Waals surface area contributed by atoms with Crippen molar-refractivity contribution < 1.29 is 9.90 Å². The number of hydrogen-bond acceptors (Lipinski definition) is 4. The molecular weight excluding hydrogens is 266 g/mol. The number of nitrogens with zero attached hydrogens (tertiary/aromatic N) is 3. The minimum atomic E-state index is -0.953. The molecule has 1 heterocycles. The van der Waals surface area contributed by atoms with Gasteiger partial charge < -0.3 is 10.0 Å². The van der Waals surface area contributed by atoms with Crippen molar-refractivity contribution in [3.8, 4) is 6.07 Å². The summed E-state index contributed by atoms with van der Waals surface area (Å²) in [7, 11) is 0. The van der Waals surface area contributed by atoms with E-state index in [1.807, 2.05) is 18.7 Å². The zero-order valence-corrected chi connectivity index (χ0v) is 13.1. The minimum Gasteiger partial charge on any atom is -0.478 e. The number of rotatable bonds is 7. The lowest BCUT2D eigenvalue weighted by Crippen LogP contribution is -2.30. The highest BCUT2D eigenvalue weighted by Crippen LogP contribution is 2.21. The third-order valence-electron chi connectivity index (χ3n) is 3.07. The molecule has 0 radical (unpaired) electrons. The summed E-state index contributed by atoms with van der Waals surface area (Å²) in [6, 6.07) is 5.34. The second-order valence-electron chi connectivity index (χ2n) is 5.85. The number of hydrogen-bond donors (Lipinski definition) is 1. The van der Waals surface area contributed by atoms with Crippen LogP contribution in [0.25, 0.3) is 0 Å². The Bertz CT molecular complexity index is 533. The van der Waals surface area contributed by atoms with Crippen molar-refractivity contribution in [2.45, 2.75) is 40.0 Å². The number of carbonyl (C=O) groups is 1. The maximum atomic E-state index is 11.3. The normalized spacial score (nSPS) is 10.7. The number of aromatic nitrogens is 1. The van der Waals surface area contributed by atoms with E-state index in [1.165, 1.54) is 0 Å². The fourth-order valence-corrected chi connectivity index (χ4v) is 2.04. The van der Waals surface area contributed by atoms with Crippen LogP contribution in [0.3, 0.4) is 0 Å². The van der Waals surface area contributed by atoms with Crippen LogP contribution in [-0.2, 0) is 0 Å². The molecule has 1 aromatic heterocycles. The van der Waals surface area contributed by atoms with Crippen molar-refractivity contribution in [1.82, 2.24) is 4.98 Å². The molecular formula is C16H23N3O2.